The standard InChI is InChI=1S/C14H11ClO.C9H18O/c15-13(11-7-3-1-4-8-11)14(16)12-9-5-2-6-10-12;1-3-4-5-6-7-8-9(2)10/h1-10,13H;3-8H2,1-2H3. The number of halogens is 1. The van der Waals surface area contributed by atoms with Gasteiger partial charge in [-0.1, -0.05) is 93.3 Å². The van der Waals surface area contributed by atoms with E-state index in [1.54, 1.807) is 19.1 Å². The highest BCUT2D eigenvalue weighted by Gasteiger charge is 2.18. The predicted octanol–water partition coefficient (Wildman–Crippen LogP) is 6.79. The number of rotatable bonds is 9. The normalized spacial score (nSPS) is 11.2. The number of carbonyl (C=O) groups excluding carboxylic acids is 2. The minimum Gasteiger partial charge on any atom is -0.300 e. The fraction of sp³-hybridized carbons (Fsp3) is 0.391. The smallest absolute Gasteiger partial charge is 0.185 e. The third-order valence-electron chi connectivity index (χ3n) is 4.01. The van der Waals surface area contributed by atoms with Crippen molar-refractivity contribution in [3.05, 3.63) is 71.8 Å². The van der Waals surface area contributed by atoms with E-state index in [2.05, 4.69) is 6.92 Å². The molecule has 0 amide bonds. The summed E-state index contributed by atoms with van der Waals surface area (Å²) in [4.78, 5) is 22.5. The summed E-state index contributed by atoms with van der Waals surface area (Å²) in [6.45, 7) is 3.87. The van der Waals surface area contributed by atoms with Crippen LogP contribution in [0.25, 0.3) is 0 Å². The van der Waals surface area contributed by atoms with E-state index in [9.17, 15) is 9.59 Å². The first-order valence-corrected chi connectivity index (χ1v) is 9.77. The molecule has 2 nitrogen and oxygen atoms in total. The van der Waals surface area contributed by atoms with Crippen molar-refractivity contribution in [2.75, 3.05) is 0 Å². The average molecular weight is 373 g/mol. The van der Waals surface area contributed by atoms with Crippen LogP contribution in [0.15, 0.2) is 60.7 Å². The maximum atomic E-state index is 12.0. The van der Waals surface area contributed by atoms with Gasteiger partial charge in [-0.2, -0.15) is 0 Å². The Bertz CT molecular complexity index is 638. The van der Waals surface area contributed by atoms with E-state index >= 15 is 0 Å². The molecule has 0 aromatic heterocycles. The van der Waals surface area contributed by atoms with Gasteiger partial charge in [0, 0.05) is 12.0 Å². The number of hydrogen-bond donors (Lipinski definition) is 0. The Kier molecular flexibility index (Phi) is 11.3. The first kappa shape index (κ1) is 22.1. The largest absolute Gasteiger partial charge is 0.300 e. The molecule has 0 fully saturated rings. The molecule has 0 N–H and O–H groups in total. The van der Waals surface area contributed by atoms with Crippen LogP contribution in [0.2, 0.25) is 0 Å². The van der Waals surface area contributed by atoms with Gasteiger partial charge < -0.3 is 4.79 Å². The first-order valence-electron chi connectivity index (χ1n) is 9.34. The molecule has 0 heterocycles. The minimum atomic E-state index is -0.608. The molecule has 0 saturated heterocycles. The van der Waals surface area contributed by atoms with E-state index in [4.69, 9.17) is 11.6 Å². The number of hydrogen-bond acceptors (Lipinski definition) is 2. The van der Waals surface area contributed by atoms with Crippen molar-refractivity contribution in [2.45, 2.75) is 57.7 Å². The number of carbonyl (C=O) groups is 2. The highest BCUT2D eigenvalue weighted by atomic mass is 35.5. The van der Waals surface area contributed by atoms with Crippen LogP contribution in [-0.2, 0) is 4.79 Å². The van der Waals surface area contributed by atoms with Crippen LogP contribution < -0.4 is 0 Å². The van der Waals surface area contributed by atoms with Crippen molar-refractivity contribution >= 4 is 23.2 Å². The number of unbranched alkanes of at least 4 members (excludes halogenated alkanes) is 4. The number of benzene rings is 2. The average Bonchev–Trinajstić information content (AvgIpc) is 2.68. The van der Waals surface area contributed by atoms with E-state index < -0.39 is 5.38 Å². The maximum absolute atomic E-state index is 12.0. The lowest BCUT2D eigenvalue weighted by molar-refractivity contribution is -0.117. The Morgan fingerprint density at radius 2 is 1.38 bits per heavy atom. The fourth-order valence-electron chi connectivity index (χ4n) is 2.50. The summed E-state index contributed by atoms with van der Waals surface area (Å²) in [6.07, 6.45) is 6.99. The van der Waals surface area contributed by atoms with Gasteiger partial charge in [0.25, 0.3) is 0 Å². The lowest BCUT2D eigenvalue weighted by atomic mass is 10.0. The number of ketones is 2. The summed E-state index contributed by atoms with van der Waals surface area (Å²) < 4.78 is 0. The Morgan fingerprint density at radius 1 is 0.846 bits per heavy atom. The van der Waals surface area contributed by atoms with E-state index in [1.807, 2.05) is 48.5 Å². The number of alkyl halides is 1. The second kappa shape index (κ2) is 13.3. The van der Waals surface area contributed by atoms with Gasteiger partial charge in [-0.15, -0.1) is 11.6 Å². The monoisotopic (exact) mass is 372 g/mol. The van der Waals surface area contributed by atoms with Crippen LogP contribution in [-0.4, -0.2) is 11.6 Å². The third-order valence-corrected chi connectivity index (χ3v) is 4.46. The third kappa shape index (κ3) is 8.96. The highest BCUT2D eigenvalue weighted by Crippen LogP contribution is 2.24. The molecule has 26 heavy (non-hydrogen) atoms. The van der Waals surface area contributed by atoms with E-state index in [1.165, 1.54) is 25.7 Å². The summed E-state index contributed by atoms with van der Waals surface area (Å²) in [5.74, 6) is 0.268. The van der Waals surface area contributed by atoms with Crippen LogP contribution in [0.5, 0.6) is 0 Å². The van der Waals surface area contributed by atoms with Crippen LogP contribution in [0.1, 0.15) is 73.7 Å². The molecule has 0 saturated carbocycles. The van der Waals surface area contributed by atoms with Crippen molar-refractivity contribution in [3.63, 3.8) is 0 Å². The summed E-state index contributed by atoms with van der Waals surface area (Å²) in [5, 5.41) is -0.608. The quantitative estimate of drug-likeness (QED) is 0.276. The molecule has 0 aliphatic rings. The molecule has 0 aliphatic heterocycles. The van der Waals surface area contributed by atoms with Crippen molar-refractivity contribution < 1.29 is 9.59 Å². The Labute approximate surface area is 162 Å². The van der Waals surface area contributed by atoms with E-state index in [0.29, 0.717) is 11.3 Å². The van der Waals surface area contributed by atoms with Gasteiger partial charge in [-0.05, 0) is 18.9 Å². The summed E-state index contributed by atoms with van der Waals surface area (Å²) in [6, 6.07) is 18.5. The Balaban J connectivity index is 0.000000294. The second-order valence-electron chi connectivity index (χ2n) is 6.37. The molecular weight excluding hydrogens is 344 g/mol. The topological polar surface area (TPSA) is 34.1 Å². The Morgan fingerprint density at radius 3 is 1.92 bits per heavy atom. The molecule has 2 aromatic carbocycles. The van der Waals surface area contributed by atoms with Crippen molar-refractivity contribution in [3.8, 4) is 0 Å². The van der Waals surface area contributed by atoms with Crippen molar-refractivity contribution in [1.82, 2.24) is 0 Å². The van der Waals surface area contributed by atoms with Crippen molar-refractivity contribution in [2.24, 2.45) is 0 Å². The van der Waals surface area contributed by atoms with Gasteiger partial charge in [0.1, 0.15) is 11.2 Å². The van der Waals surface area contributed by atoms with Gasteiger partial charge in [-0.25, -0.2) is 0 Å². The SMILES string of the molecule is CCCCCCCC(C)=O.O=C(c1ccccc1)C(Cl)c1ccccc1. The zero-order valence-corrected chi connectivity index (χ0v) is 16.5. The molecular formula is C23H29ClO2. The predicted molar refractivity (Wildman–Crippen MR) is 110 cm³/mol. The molecule has 0 bridgehead atoms. The van der Waals surface area contributed by atoms with Gasteiger partial charge >= 0.3 is 0 Å². The van der Waals surface area contributed by atoms with Crippen molar-refractivity contribution in [1.29, 1.82) is 0 Å². The lowest BCUT2D eigenvalue weighted by Crippen LogP contribution is -2.06. The van der Waals surface area contributed by atoms with Gasteiger partial charge in [-0.3, -0.25) is 4.79 Å². The molecule has 2 rings (SSSR count). The zero-order valence-electron chi connectivity index (χ0n) is 15.8. The van der Waals surface area contributed by atoms with Crippen LogP contribution in [0, 0.1) is 0 Å². The molecule has 0 aliphatic carbocycles. The van der Waals surface area contributed by atoms with Gasteiger partial charge in [0.05, 0.1) is 0 Å². The highest BCUT2D eigenvalue weighted by molar-refractivity contribution is 6.33. The van der Waals surface area contributed by atoms with Crippen LogP contribution >= 0.6 is 11.6 Å². The zero-order chi connectivity index (χ0) is 19.2. The molecule has 0 spiro atoms. The molecule has 3 heteroatoms. The molecule has 0 radical (unpaired) electrons. The first-order chi connectivity index (χ1) is 12.6. The molecule has 1 atom stereocenters. The van der Waals surface area contributed by atoms with E-state index in [-0.39, 0.29) is 5.78 Å². The Hall–Kier alpha value is -1.93. The maximum Gasteiger partial charge on any atom is 0.185 e. The van der Waals surface area contributed by atoms with E-state index in [0.717, 1.165) is 18.4 Å². The molecule has 1 unspecified atom stereocenters. The summed E-state index contributed by atoms with van der Waals surface area (Å²) in [5.41, 5.74) is 1.48. The van der Waals surface area contributed by atoms with Gasteiger partial charge in [0.15, 0.2) is 5.78 Å². The summed E-state index contributed by atoms with van der Waals surface area (Å²) >= 11 is 6.14. The minimum absolute atomic E-state index is 0.0616. The lowest BCUT2D eigenvalue weighted by Gasteiger charge is -2.08. The molecule has 2 aromatic rings. The second-order valence-corrected chi connectivity index (χ2v) is 6.81. The van der Waals surface area contributed by atoms with Crippen LogP contribution in [0.4, 0.5) is 0 Å². The van der Waals surface area contributed by atoms with Crippen LogP contribution in [0.3, 0.4) is 0 Å². The fourth-order valence-corrected chi connectivity index (χ4v) is 2.77. The summed E-state index contributed by atoms with van der Waals surface area (Å²) in [7, 11) is 0. The molecule has 140 valence electrons. The number of Topliss-reactive ketones (excluding diaryl/α,β-unsaturated/α-hetero) is 2. The van der Waals surface area contributed by atoms with Gasteiger partial charge in [0.2, 0.25) is 0 Å².